The van der Waals surface area contributed by atoms with Crippen LogP contribution in [0.2, 0.25) is 0 Å². The summed E-state index contributed by atoms with van der Waals surface area (Å²) in [5.74, 6) is -4.01. The molecule has 25 heavy (non-hydrogen) atoms. The number of ether oxygens (including phenoxy) is 2. The Morgan fingerprint density at radius 1 is 1.60 bits per heavy atom. The van der Waals surface area contributed by atoms with E-state index in [1.807, 2.05) is 0 Å². The molecule has 0 bridgehead atoms. The topological polar surface area (TPSA) is 140 Å². The number of rotatable bonds is 5. The number of esters is 1. The van der Waals surface area contributed by atoms with Gasteiger partial charge in [0.05, 0.1) is 0 Å². The molecule has 2 heterocycles. The summed E-state index contributed by atoms with van der Waals surface area (Å²) in [6.07, 6.45) is -4.16. The molecule has 2 rings (SSSR count). The molecule has 5 N–H and O–H groups in total. The summed E-state index contributed by atoms with van der Waals surface area (Å²) in [4.78, 5) is 25.9. The van der Waals surface area contributed by atoms with Crippen molar-refractivity contribution in [2.45, 2.75) is 44.2 Å². The van der Waals surface area contributed by atoms with Gasteiger partial charge in [0.1, 0.15) is 22.9 Å². The maximum atomic E-state index is 14.8. The van der Waals surface area contributed by atoms with Gasteiger partial charge >= 0.3 is 11.7 Å². The van der Waals surface area contributed by atoms with Gasteiger partial charge in [0.25, 0.3) is 5.85 Å². The SMILES string of the molecule is CC(C)[C@H](N)C(=O)OC[C@@]1(F)O[C@@H](n2ccc(=S)[nH]c2=O)[C@H](O)[C@@H]1O. The molecule has 1 aromatic rings. The maximum absolute atomic E-state index is 14.8. The lowest BCUT2D eigenvalue weighted by molar-refractivity contribution is -0.217. The van der Waals surface area contributed by atoms with Crippen molar-refractivity contribution in [3.05, 3.63) is 27.4 Å². The fourth-order valence-electron chi connectivity index (χ4n) is 2.26. The van der Waals surface area contributed by atoms with E-state index in [1.54, 1.807) is 13.8 Å². The Morgan fingerprint density at radius 2 is 2.24 bits per heavy atom. The number of hydrogen-bond acceptors (Lipinski definition) is 8. The zero-order chi connectivity index (χ0) is 18.9. The van der Waals surface area contributed by atoms with Crippen LogP contribution in [0.25, 0.3) is 0 Å². The highest BCUT2D eigenvalue weighted by atomic mass is 32.1. The number of H-pyrrole nitrogens is 1. The molecule has 0 aromatic carbocycles. The fraction of sp³-hybridized carbons (Fsp3) is 0.643. The molecular formula is C14H20FN3O6S. The number of alkyl halides is 1. The predicted molar refractivity (Wildman–Crippen MR) is 85.6 cm³/mol. The highest BCUT2D eigenvalue weighted by Crippen LogP contribution is 2.38. The van der Waals surface area contributed by atoms with Gasteiger partial charge in [-0.05, 0) is 12.0 Å². The first kappa shape index (κ1) is 19.7. The Morgan fingerprint density at radius 3 is 2.80 bits per heavy atom. The number of hydrogen-bond donors (Lipinski definition) is 4. The van der Waals surface area contributed by atoms with Crippen LogP contribution < -0.4 is 11.4 Å². The molecule has 0 unspecified atom stereocenters. The third kappa shape index (κ3) is 3.96. The van der Waals surface area contributed by atoms with Crippen LogP contribution >= 0.6 is 12.2 Å². The van der Waals surface area contributed by atoms with Gasteiger partial charge < -0.3 is 25.4 Å². The second-order valence-corrected chi connectivity index (χ2v) is 6.56. The summed E-state index contributed by atoms with van der Waals surface area (Å²) < 4.78 is 25.6. The van der Waals surface area contributed by atoms with Gasteiger partial charge in [-0.15, -0.1) is 0 Å². The van der Waals surface area contributed by atoms with Gasteiger partial charge in [0.15, 0.2) is 12.8 Å². The van der Waals surface area contributed by atoms with Crippen molar-refractivity contribution >= 4 is 18.2 Å². The number of halogens is 1. The van der Waals surface area contributed by atoms with Crippen LogP contribution in [0, 0.1) is 10.6 Å². The van der Waals surface area contributed by atoms with Gasteiger partial charge in [-0.25, -0.2) is 9.18 Å². The van der Waals surface area contributed by atoms with Gasteiger partial charge in [-0.2, -0.15) is 0 Å². The lowest BCUT2D eigenvalue weighted by atomic mass is 10.1. The molecule has 140 valence electrons. The van der Waals surface area contributed by atoms with Crippen molar-refractivity contribution in [3.8, 4) is 0 Å². The molecule has 0 aliphatic carbocycles. The minimum Gasteiger partial charge on any atom is -0.458 e. The molecule has 1 aliphatic heterocycles. The number of aliphatic hydroxyl groups excluding tert-OH is 2. The van der Waals surface area contributed by atoms with Crippen LogP contribution in [-0.2, 0) is 14.3 Å². The van der Waals surface area contributed by atoms with E-state index >= 15 is 0 Å². The summed E-state index contributed by atoms with van der Waals surface area (Å²) in [5, 5.41) is 20.0. The average Bonchev–Trinajstić information content (AvgIpc) is 2.77. The minimum absolute atomic E-state index is 0.136. The molecule has 1 aromatic heterocycles. The summed E-state index contributed by atoms with van der Waals surface area (Å²) >= 11 is 4.78. The first-order valence-corrected chi connectivity index (χ1v) is 7.94. The summed E-state index contributed by atoms with van der Waals surface area (Å²) in [6, 6.07) is 0.360. The third-order valence-electron chi connectivity index (χ3n) is 3.90. The quantitative estimate of drug-likeness (QED) is 0.392. The number of carbonyl (C=O) groups excluding carboxylic acids is 1. The van der Waals surface area contributed by atoms with Gasteiger partial charge in [0, 0.05) is 6.20 Å². The van der Waals surface area contributed by atoms with Crippen LogP contribution in [0.4, 0.5) is 4.39 Å². The largest absolute Gasteiger partial charge is 0.458 e. The average molecular weight is 377 g/mol. The molecule has 1 aliphatic rings. The Labute approximate surface area is 147 Å². The number of aromatic nitrogens is 2. The number of nitrogens with one attached hydrogen (secondary N) is 1. The van der Waals surface area contributed by atoms with E-state index < -0.39 is 48.6 Å². The predicted octanol–water partition coefficient (Wildman–Crippen LogP) is -0.651. The summed E-state index contributed by atoms with van der Waals surface area (Å²) in [6.45, 7) is 2.38. The Balaban J connectivity index is 2.16. The molecule has 0 amide bonds. The van der Waals surface area contributed by atoms with E-state index in [2.05, 4.69) is 4.98 Å². The van der Waals surface area contributed by atoms with Crippen LogP contribution in [-0.4, -0.2) is 56.4 Å². The Bertz CT molecular complexity index is 753. The van der Waals surface area contributed by atoms with Crippen molar-refractivity contribution in [1.82, 2.24) is 9.55 Å². The molecule has 11 heteroatoms. The number of aromatic amines is 1. The lowest BCUT2D eigenvalue weighted by Gasteiger charge is -2.24. The lowest BCUT2D eigenvalue weighted by Crippen LogP contribution is -2.46. The summed E-state index contributed by atoms with van der Waals surface area (Å²) in [7, 11) is 0. The second-order valence-electron chi connectivity index (χ2n) is 6.12. The van der Waals surface area contributed by atoms with Gasteiger partial charge in [-0.1, -0.05) is 26.1 Å². The zero-order valence-electron chi connectivity index (χ0n) is 13.6. The summed E-state index contributed by atoms with van der Waals surface area (Å²) in [5.41, 5.74) is 4.84. The van der Waals surface area contributed by atoms with Crippen molar-refractivity contribution in [2.75, 3.05) is 6.61 Å². The number of nitrogens with two attached hydrogens (primary N) is 1. The molecule has 0 spiro atoms. The monoisotopic (exact) mass is 377 g/mol. The first-order valence-electron chi connectivity index (χ1n) is 7.53. The molecule has 0 saturated carbocycles. The highest BCUT2D eigenvalue weighted by Gasteiger charge is 2.57. The van der Waals surface area contributed by atoms with Crippen molar-refractivity contribution in [1.29, 1.82) is 0 Å². The van der Waals surface area contributed by atoms with Crippen LogP contribution in [0.3, 0.4) is 0 Å². The van der Waals surface area contributed by atoms with Crippen molar-refractivity contribution < 1.29 is 28.9 Å². The molecule has 1 saturated heterocycles. The van der Waals surface area contributed by atoms with Crippen LogP contribution in [0.5, 0.6) is 0 Å². The number of carbonyl (C=O) groups is 1. The molecule has 5 atom stereocenters. The first-order chi connectivity index (χ1) is 11.6. The van der Waals surface area contributed by atoms with Gasteiger partial charge in [-0.3, -0.25) is 14.3 Å². The number of aliphatic hydroxyl groups is 2. The molecule has 0 radical (unpaired) electrons. The fourth-order valence-corrected chi connectivity index (χ4v) is 2.41. The van der Waals surface area contributed by atoms with Crippen LogP contribution in [0.15, 0.2) is 17.1 Å². The van der Waals surface area contributed by atoms with Gasteiger partial charge in [0.2, 0.25) is 0 Å². The van der Waals surface area contributed by atoms with E-state index in [9.17, 15) is 24.2 Å². The van der Waals surface area contributed by atoms with Crippen molar-refractivity contribution in [2.24, 2.45) is 11.7 Å². The maximum Gasteiger partial charge on any atom is 0.328 e. The van der Waals surface area contributed by atoms with E-state index in [0.717, 1.165) is 4.57 Å². The zero-order valence-corrected chi connectivity index (χ0v) is 14.4. The van der Waals surface area contributed by atoms with E-state index in [4.69, 9.17) is 27.4 Å². The van der Waals surface area contributed by atoms with E-state index in [0.29, 0.717) is 0 Å². The minimum atomic E-state index is -2.90. The molecule has 9 nitrogen and oxygen atoms in total. The van der Waals surface area contributed by atoms with E-state index in [1.165, 1.54) is 12.3 Å². The van der Waals surface area contributed by atoms with Crippen LogP contribution in [0.1, 0.15) is 20.1 Å². The Kier molecular flexibility index (Phi) is 5.74. The highest BCUT2D eigenvalue weighted by molar-refractivity contribution is 7.71. The number of nitrogens with zero attached hydrogens (tertiary/aromatic N) is 1. The molecule has 1 fully saturated rings. The standard InChI is InChI=1S/C14H20FN3O6S/c1-6(2)8(16)12(21)23-5-14(15)10(20)9(19)11(24-14)18-4-3-7(25)17-13(18)22/h3-4,6,8-11,19-20H,5,16H2,1-2H3,(H,17,22,25)/t8-,9+,10-,11+,14+/m0/s1. The van der Waals surface area contributed by atoms with Crippen molar-refractivity contribution in [3.63, 3.8) is 0 Å². The third-order valence-corrected chi connectivity index (χ3v) is 4.14. The second kappa shape index (κ2) is 7.30. The van der Waals surface area contributed by atoms with E-state index in [-0.39, 0.29) is 10.6 Å². The Hall–Kier alpha value is -1.66. The normalized spacial score (nSPS) is 30.4. The molecular weight excluding hydrogens is 357 g/mol. The smallest absolute Gasteiger partial charge is 0.328 e.